The lowest BCUT2D eigenvalue weighted by atomic mass is 10.1. The van der Waals surface area contributed by atoms with Crippen LogP contribution in [0.3, 0.4) is 0 Å². The van der Waals surface area contributed by atoms with Crippen molar-refractivity contribution in [3.05, 3.63) is 39.9 Å². The Kier molecular flexibility index (Phi) is 6.38. The third-order valence-electron chi connectivity index (χ3n) is 2.24. The zero-order chi connectivity index (χ0) is 11.8. The first-order chi connectivity index (χ1) is 7.74. The van der Waals surface area contributed by atoms with Crippen LogP contribution in [-0.4, -0.2) is 26.8 Å². The van der Waals surface area contributed by atoms with Crippen molar-refractivity contribution in [3.8, 4) is 0 Å². The van der Waals surface area contributed by atoms with Crippen molar-refractivity contribution in [1.29, 1.82) is 0 Å². The summed E-state index contributed by atoms with van der Waals surface area (Å²) in [5.41, 5.74) is 2.49. The Labute approximate surface area is 106 Å². The van der Waals surface area contributed by atoms with Crippen molar-refractivity contribution in [3.63, 3.8) is 0 Å². The second kappa shape index (κ2) is 7.60. The Morgan fingerprint density at radius 1 is 1.44 bits per heavy atom. The predicted octanol–water partition coefficient (Wildman–Crippen LogP) is 3.01. The maximum atomic E-state index is 4.94. The molecule has 0 atom stereocenters. The van der Waals surface area contributed by atoms with E-state index in [4.69, 9.17) is 4.74 Å². The Morgan fingerprint density at radius 3 is 2.94 bits per heavy atom. The van der Waals surface area contributed by atoms with Crippen molar-refractivity contribution in [2.75, 3.05) is 26.8 Å². The topological polar surface area (TPSA) is 21.3 Å². The number of aryl methyl sites for hydroxylation is 1. The smallest absolute Gasteiger partial charge is 0.0587 e. The summed E-state index contributed by atoms with van der Waals surface area (Å²) in [7, 11) is 1.71. The molecule has 0 aliphatic rings. The van der Waals surface area contributed by atoms with Gasteiger partial charge in [-0.3, -0.25) is 0 Å². The van der Waals surface area contributed by atoms with E-state index in [9.17, 15) is 0 Å². The lowest BCUT2D eigenvalue weighted by Crippen LogP contribution is -2.18. The van der Waals surface area contributed by atoms with Gasteiger partial charge in [-0.05, 0) is 24.1 Å². The summed E-state index contributed by atoms with van der Waals surface area (Å²) < 4.78 is 6.10. The summed E-state index contributed by atoms with van der Waals surface area (Å²) in [4.78, 5) is 0. The third kappa shape index (κ3) is 4.92. The lowest BCUT2D eigenvalue weighted by Gasteiger charge is -2.01. The molecule has 0 aliphatic carbocycles. The highest BCUT2D eigenvalue weighted by atomic mass is 79.9. The summed E-state index contributed by atoms with van der Waals surface area (Å²) in [6.07, 6.45) is 4.25. The highest BCUT2D eigenvalue weighted by Crippen LogP contribution is 2.17. The van der Waals surface area contributed by atoms with Gasteiger partial charge < -0.3 is 10.1 Å². The van der Waals surface area contributed by atoms with Gasteiger partial charge in [0.15, 0.2) is 0 Å². The molecule has 1 aromatic rings. The Bertz CT molecular complexity index is 350. The molecule has 16 heavy (non-hydrogen) atoms. The van der Waals surface area contributed by atoms with Gasteiger partial charge in [-0.25, -0.2) is 0 Å². The monoisotopic (exact) mass is 283 g/mol. The van der Waals surface area contributed by atoms with E-state index in [2.05, 4.69) is 58.5 Å². The van der Waals surface area contributed by atoms with E-state index in [1.165, 1.54) is 11.1 Å². The molecule has 2 nitrogen and oxygen atoms in total. The van der Waals surface area contributed by atoms with Crippen LogP contribution in [0.5, 0.6) is 0 Å². The molecule has 1 aromatic carbocycles. The third-order valence-corrected chi connectivity index (χ3v) is 3.13. The molecule has 1 N–H and O–H groups in total. The molecule has 0 saturated heterocycles. The summed E-state index contributed by atoms with van der Waals surface area (Å²) >= 11 is 3.49. The van der Waals surface area contributed by atoms with Crippen LogP contribution in [0.1, 0.15) is 11.1 Å². The molecule has 0 bridgehead atoms. The fourth-order valence-electron chi connectivity index (χ4n) is 1.33. The van der Waals surface area contributed by atoms with E-state index in [1.807, 2.05) is 0 Å². The van der Waals surface area contributed by atoms with Gasteiger partial charge in [0.2, 0.25) is 0 Å². The zero-order valence-corrected chi connectivity index (χ0v) is 11.4. The first-order valence-corrected chi connectivity index (χ1v) is 6.15. The second-order valence-electron chi connectivity index (χ2n) is 3.61. The normalized spacial score (nSPS) is 11.2. The molecule has 0 saturated carbocycles. The van der Waals surface area contributed by atoms with Crippen LogP contribution < -0.4 is 5.32 Å². The molecule has 0 fully saturated rings. The molecule has 0 radical (unpaired) electrons. The maximum absolute atomic E-state index is 4.94. The van der Waals surface area contributed by atoms with Crippen LogP contribution >= 0.6 is 15.9 Å². The molecule has 1 rings (SSSR count). The molecule has 0 amide bonds. The van der Waals surface area contributed by atoms with E-state index >= 15 is 0 Å². The first kappa shape index (κ1) is 13.4. The first-order valence-electron chi connectivity index (χ1n) is 5.36. The van der Waals surface area contributed by atoms with Crippen LogP contribution in [0.2, 0.25) is 0 Å². The number of ether oxygens (including phenoxy) is 1. The molecule has 0 aliphatic heterocycles. The number of halogens is 1. The number of hydrogen-bond donors (Lipinski definition) is 1. The lowest BCUT2D eigenvalue weighted by molar-refractivity contribution is 0.200. The number of benzene rings is 1. The van der Waals surface area contributed by atoms with Crippen LogP contribution in [0, 0.1) is 6.92 Å². The number of nitrogens with one attached hydrogen (secondary N) is 1. The highest BCUT2D eigenvalue weighted by Gasteiger charge is 1.93. The molecule has 88 valence electrons. The van der Waals surface area contributed by atoms with E-state index in [0.29, 0.717) is 0 Å². The minimum Gasteiger partial charge on any atom is -0.383 e. The van der Waals surface area contributed by atoms with E-state index in [-0.39, 0.29) is 0 Å². The van der Waals surface area contributed by atoms with Crippen molar-refractivity contribution in [2.45, 2.75) is 6.92 Å². The Balaban J connectivity index is 2.35. The van der Waals surface area contributed by atoms with Crippen molar-refractivity contribution in [1.82, 2.24) is 5.32 Å². The van der Waals surface area contributed by atoms with Crippen LogP contribution in [-0.2, 0) is 4.74 Å². The van der Waals surface area contributed by atoms with Gasteiger partial charge in [0.1, 0.15) is 0 Å². The maximum Gasteiger partial charge on any atom is 0.0587 e. The fourth-order valence-corrected chi connectivity index (χ4v) is 1.57. The number of hydrogen-bond acceptors (Lipinski definition) is 2. The van der Waals surface area contributed by atoms with Crippen molar-refractivity contribution in [2.24, 2.45) is 0 Å². The van der Waals surface area contributed by atoms with Crippen molar-refractivity contribution >= 4 is 22.0 Å². The van der Waals surface area contributed by atoms with E-state index < -0.39 is 0 Å². The molecule has 3 heteroatoms. The van der Waals surface area contributed by atoms with Crippen LogP contribution in [0.4, 0.5) is 0 Å². The highest BCUT2D eigenvalue weighted by molar-refractivity contribution is 9.10. The van der Waals surface area contributed by atoms with Crippen LogP contribution in [0.15, 0.2) is 28.7 Å². The fraction of sp³-hybridized carbons (Fsp3) is 0.385. The summed E-state index contributed by atoms with van der Waals surface area (Å²) in [6, 6.07) is 6.34. The summed E-state index contributed by atoms with van der Waals surface area (Å²) in [5, 5.41) is 3.26. The minimum absolute atomic E-state index is 0.755. The standard InChI is InChI=1S/C13H18BrNO/c1-11-10-12(5-6-13(11)14)4-3-7-15-8-9-16-2/h3-6,10,15H,7-9H2,1-2H3. The Morgan fingerprint density at radius 2 is 2.25 bits per heavy atom. The average molecular weight is 284 g/mol. The SMILES string of the molecule is COCCNCC=Cc1ccc(Br)c(C)c1. The van der Waals surface area contributed by atoms with Gasteiger partial charge in [-0.1, -0.05) is 40.2 Å². The average Bonchev–Trinajstić information content (AvgIpc) is 2.28. The largest absolute Gasteiger partial charge is 0.383 e. The molecule has 0 heterocycles. The molecular formula is C13H18BrNO. The van der Waals surface area contributed by atoms with E-state index in [1.54, 1.807) is 7.11 Å². The predicted molar refractivity (Wildman–Crippen MR) is 72.7 cm³/mol. The second-order valence-corrected chi connectivity index (χ2v) is 4.46. The molecule has 0 aromatic heterocycles. The van der Waals surface area contributed by atoms with Gasteiger partial charge in [0.05, 0.1) is 6.61 Å². The molecular weight excluding hydrogens is 266 g/mol. The zero-order valence-electron chi connectivity index (χ0n) is 9.79. The quantitative estimate of drug-likeness (QED) is 0.811. The van der Waals surface area contributed by atoms with Gasteiger partial charge in [-0.2, -0.15) is 0 Å². The van der Waals surface area contributed by atoms with Gasteiger partial charge in [0, 0.05) is 24.7 Å². The van der Waals surface area contributed by atoms with Gasteiger partial charge in [-0.15, -0.1) is 0 Å². The summed E-state index contributed by atoms with van der Waals surface area (Å²) in [5.74, 6) is 0. The number of methoxy groups -OCH3 is 1. The summed E-state index contributed by atoms with van der Waals surface area (Å²) in [6.45, 7) is 4.61. The van der Waals surface area contributed by atoms with E-state index in [0.717, 1.165) is 24.2 Å². The number of rotatable bonds is 6. The van der Waals surface area contributed by atoms with Gasteiger partial charge in [0.25, 0.3) is 0 Å². The molecule has 0 unspecified atom stereocenters. The molecule has 0 spiro atoms. The minimum atomic E-state index is 0.755. The van der Waals surface area contributed by atoms with Crippen molar-refractivity contribution < 1.29 is 4.74 Å². The van der Waals surface area contributed by atoms with Crippen LogP contribution in [0.25, 0.3) is 6.08 Å². The Hall–Kier alpha value is -0.640. The van der Waals surface area contributed by atoms with Gasteiger partial charge >= 0.3 is 0 Å².